The number of hydrogen-bond acceptors (Lipinski definition) is 5. The van der Waals surface area contributed by atoms with Gasteiger partial charge in [-0.25, -0.2) is 4.79 Å². The lowest BCUT2D eigenvalue weighted by molar-refractivity contribution is -0.152. The van der Waals surface area contributed by atoms with Gasteiger partial charge in [0.25, 0.3) is 0 Å². The molecule has 0 aromatic heterocycles. The van der Waals surface area contributed by atoms with Crippen LogP contribution < -0.4 is 0 Å². The molecule has 0 N–H and O–H groups in total. The van der Waals surface area contributed by atoms with Crippen LogP contribution in [0.4, 0.5) is 0 Å². The third kappa shape index (κ3) is 1.45. The number of nitrogens with zero attached hydrogens (tertiary/aromatic N) is 2. The van der Waals surface area contributed by atoms with Crippen LogP contribution in [0.15, 0.2) is 0 Å². The molecule has 3 fully saturated rings. The second kappa shape index (κ2) is 4.13. The predicted molar refractivity (Wildman–Crippen MR) is 68.1 cm³/mol. The second-order valence-corrected chi connectivity index (χ2v) is 6.51. The van der Waals surface area contributed by atoms with Crippen molar-refractivity contribution in [3.05, 3.63) is 0 Å². The van der Waals surface area contributed by atoms with E-state index in [1.54, 1.807) is 16.7 Å². The summed E-state index contributed by atoms with van der Waals surface area (Å²) < 4.78 is 4.81. The molecule has 100 valence electrons. The van der Waals surface area contributed by atoms with E-state index in [-0.39, 0.29) is 28.8 Å². The quantitative estimate of drug-likeness (QED) is 0.641. The maximum absolute atomic E-state index is 12.7. The molecular formula is C12H18N2O3S. The Morgan fingerprint density at radius 1 is 1.56 bits per heavy atom. The van der Waals surface area contributed by atoms with Crippen molar-refractivity contribution in [2.24, 2.45) is 0 Å². The number of likely N-dealkylation sites (tertiary alicyclic amines) is 1. The molecule has 0 radical (unpaired) electrons. The molecule has 0 aromatic rings. The number of carbonyl (C=O) groups is 2. The number of rotatable bonds is 1. The molecule has 0 aromatic carbocycles. The van der Waals surface area contributed by atoms with Crippen molar-refractivity contribution in [2.75, 3.05) is 26.5 Å². The van der Waals surface area contributed by atoms with Gasteiger partial charge in [0.2, 0.25) is 5.91 Å². The van der Waals surface area contributed by atoms with Crippen molar-refractivity contribution >= 4 is 23.6 Å². The molecule has 3 atom stereocenters. The number of amides is 1. The van der Waals surface area contributed by atoms with E-state index in [0.29, 0.717) is 5.75 Å². The van der Waals surface area contributed by atoms with Gasteiger partial charge >= 0.3 is 5.97 Å². The summed E-state index contributed by atoms with van der Waals surface area (Å²) in [4.78, 5) is 28.4. The topological polar surface area (TPSA) is 49.9 Å². The number of ether oxygens (including phenoxy) is 1. The van der Waals surface area contributed by atoms with Gasteiger partial charge < -0.3 is 9.64 Å². The van der Waals surface area contributed by atoms with Crippen LogP contribution in [-0.2, 0) is 14.3 Å². The SMILES string of the molecule is COC(=O)[C@H]1CS[C@@H]2C[C@]3(CCCN3C)C(=O)N12. The van der Waals surface area contributed by atoms with Gasteiger partial charge in [0.05, 0.1) is 12.5 Å². The third-order valence-electron chi connectivity index (χ3n) is 4.53. The molecule has 0 saturated carbocycles. The number of hydrogen-bond donors (Lipinski definition) is 0. The molecule has 3 heterocycles. The van der Waals surface area contributed by atoms with Gasteiger partial charge in [-0.3, -0.25) is 9.69 Å². The zero-order valence-electron chi connectivity index (χ0n) is 10.7. The summed E-state index contributed by atoms with van der Waals surface area (Å²) in [5.41, 5.74) is -0.343. The Bertz CT molecular complexity index is 403. The van der Waals surface area contributed by atoms with Crippen molar-refractivity contribution in [3.8, 4) is 0 Å². The fourth-order valence-electron chi connectivity index (χ4n) is 3.47. The molecule has 6 heteroatoms. The highest BCUT2D eigenvalue weighted by atomic mass is 32.2. The molecule has 18 heavy (non-hydrogen) atoms. The number of likely N-dealkylation sites (N-methyl/N-ethyl adjacent to an activating group) is 1. The zero-order valence-corrected chi connectivity index (χ0v) is 11.5. The van der Waals surface area contributed by atoms with Gasteiger partial charge in [-0.1, -0.05) is 0 Å². The Morgan fingerprint density at radius 2 is 2.33 bits per heavy atom. The zero-order chi connectivity index (χ0) is 12.9. The maximum atomic E-state index is 12.7. The minimum absolute atomic E-state index is 0.132. The lowest BCUT2D eigenvalue weighted by atomic mass is 9.94. The Morgan fingerprint density at radius 3 is 2.94 bits per heavy atom. The number of carbonyl (C=O) groups excluding carboxylic acids is 2. The molecule has 0 bridgehead atoms. The minimum atomic E-state index is -0.383. The van der Waals surface area contributed by atoms with Crippen LogP contribution in [0.3, 0.4) is 0 Å². The Hall–Kier alpha value is -0.750. The van der Waals surface area contributed by atoms with Crippen molar-refractivity contribution in [2.45, 2.75) is 36.2 Å². The molecule has 0 aliphatic carbocycles. The summed E-state index contributed by atoms with van der Waals surface area (Å²) in [5.74, 6) is 0.520. The molecule has 3 aliphatic rings. The van der Waals surface area contributed by atoms with Crippen molar-refractivity contribution in [3.63, 3.8) is 0 Å². The van der Waals surface area contributed by atoms with Gasteiger partial charge in [-0.2, -0.15) is 0 Å². The van der Waals surface area contributed by atoms with Gasteiger partial charge in [0, 0.05) is 12.2 Å². The summed E-state index contributed by atoms with van der Waals surface area (Å²) in [6.45, 7) is 0.972. The largest absolute Gasteiger partial charge is 0.467 e. The van der Waals surface area contributed by atoms with Crippen LogP contribution in [0.25, 0.3) is 0 Å². The van der Waals surface area contributed by atoms with Gasteiger partial charge in [-0.15, -0.1) is 11.8 Å². The van der Waals surface area contributed by atoms with E-state index in [1.807, 2.05) is 7.05 Å². The average molecular weight is 270 g/mol. The van der Waals surface area contributed by atoms with Gasteiger partial charge in [-0.05, 0) is 26.4 Å². The summed E-state index contributed by atoms with van der Waals surface area (Å²) in [6, 6.07) is -0.383. The van der Waals surface area contributed by atoms with E-state index < -0.39 is 0 Å². The molecule has 3 rings (SSSR count). The summed E-state index contributed by atoms with van der Waals surface area (Å²) in [7, 11) is 3.41. The summed E-state index contributed by atoms with van der Waals surface area (Å²) in [6.07, 6.45) is 2.83. The number of fused-ring (bicyclic) bond motifs is 1. The highest BCUT2D eigenvalue weighted by Crippen LogP contribution is 2.48. The highest BCUT2D eigenvalue weighted by molar-refractivity contribution is 8.00. The van der Waals surface area contributed by atoms with Crippen LogP contribution in [0, 0.1) is 0 Å². The van der Waals surface area contributed by atoms with Crippen LogP contribution in [0.1, 0.15) is 19.3 Å². The Labute approximate surface area is 111 Å². The van der Waals surface area contributed by atoms with Crippen LogP contribution in [0.2, 0.25) is 0 Å². The number of methoxy groups -OCH3 is 1. The molecule has 0 unspecified atom stereocenters. The van der Waals surface area contributed by atoms with E-state index in [0.717, 1.165) is 25.8 Å². The van der Waals surface area contributed by atoms with E-state index in [1.165, 1.54) is 7.11 Å². The first kappa shape index (κ1) is 12.3. The fourth-order valence-corrected chi connectivity index (χ4v) is 4.97. The molecule has 5 nitrogen and oxygen atoms in total. The Kier molecular flexibility index (Phi) is 2.82. The maximum Gasteiger partial charge on any atom is 0.329 e. The van der Waals surface area contributed by atoms with Crippen molar-refractivity contribution < 1.29 is 14.3 Å². The number of esters is 1. The first-order valence-corrected chi connectivity index (χ1v) is 7.38. The predicted octanol–water partition coefficient (Wildman–Crippen LogP) is 0.298. The smallest absolute Gasteiger partial charge is 0.329 e. The van der Waals surface area contributed by atoms with E-state index in [2.05, 4.69) is 4.90 Å². The first-order valence-electron chi connectivity index (χ1n) is 6.33. The molecule has 3 saturated heterocycles. The normalized spacial score (nSPS) is 39.7. The average Bonchev–Trinajstić information content (AvgIpc) is 3.00. The van der Waals surface area contributed by atoms with Crippen LogP contribution in [0.5, 0.6) is 0 Å². The fraction of sp³-hybridized carbons (Fsp3) is 0.833. The van der Waals surface area contributed by atoms with Crippen LogP contribution in [-0.4, -0.2) is 65.1 Å². The van der Waals surface area contributed by atoms with Gasteiger partial charge in [0.15, 0.2) is 0 Å². The van der Waals surface area contributed by atoms with E-state index >= 15 is 0 Å². The highest BCUT2D eigenvalue weighted by Gasteiger charge is 2.60. The van der Waals surface area contributed by atoms with Crippen molar-refractivity contribution in [1.29, 1.82) is 0 Å². The second-order valence-electron chi connectivity index (χ2n) is 5.30. The van der Waals surface area contributed by atoms with E-state index in [9.17, 15) is 9.59 Å². The molecule has 1 spiro atoms. The standard InChI is InChI=1S/C12H18N2O3S/c1-13-5-3-4-12(13)6-9-14(11(12)16)8(7-18-9)10(15)17-2/h8-9H,3-7H2,1-2H3/t8-,9-,12-/m1/s1. The lowest BCUT2D eigenvalue weighted by Gasteiger charge is -2.31. The van der Waals surface area contributed by atoms with Crippen molar-refractivity contribution in [1.82, 2.24) is 9.80 Å². The first-order chi connectivity index (χ1) is 8.60. The van der Waals surface area contributed by atoms with Gasteiger partial charge in [0.1, 0.15) is 11.6 Å². The Balaban J connectivity index is 1.88. The third-order valence-corrected chi connectivity index (χ3v) is 5.81. The minimum Gasteiger partial charge on any atom is -0.467 e. The summed E-state index contributed by atoms with van der Waals surface area (Å²) in [5, 5.41) is 0.155. The lowest BCUT2D eigenvalue weighted by Crippen LogP contribution is -2.52. The summed E-state index contributed by atoms with van der Waals surface area (Å²) >= 11 is 1.71. The van der Waals surface area contributed by atoms with E-state index in [4.69, 9.17) is 4.74 Å². The molecule has 3 aliphatic heterocycles. The molecular weight excluding hydrogens is 252 g/mol. The molecule has 1 amide bonds. The van der Waals surface area contributed by atoms with Crippen LogP contribution >= 0.6 is 11.8 Å². The number of thioether (sulfide) groups is 1. The monoisotopic (exact) mass is 270 g/mol.